The number of nitrogen functional groups attached to an aromatic ring is 1. The Morgan fingerprint density at radius 3 is 2.31 bits per heavy atom. The fourth-order valence-corrected chi connectivity index (χ4v) is 6.91. The molecule has 0 unspecified atom stereocenters. The molecule has 61 heavy (non-hydrogen) atoms. The maximum absolute atomic E-state index is 13.2. The zero-order chi connectivity index (χ0) is 43.9. The van der Waals surface area contributed by atoms with Gasteiger partial charge in [-0.25, -0.2) is 14.6 Å². The smallest absolute Gasteiger partial charge is 0.410 e. The monoisotopic (exact) mass is 840 g/mol. The van der Waals surface area contributed by atoms with E-state index in [0.717, 1.165) is 65.1 Å². The molecule has 1 atom stereocenters. The summed E-state index contributed by atoms with van der Waals surface area (Å²) in [6.45, 7) is 10.4. The molecule has 2 aromatic carbocycles. The second-order valence-corrected chi connectivity index (χ2v) is 15.3. The fourth-order valence-electron chi connectivity index (χ4n) is 6.91. The first-order valence-corrected chi connectivity index (χ1v) is 20.7. The lowest BCUT2D eigenvalue weighted by Crippen LogP contribution is -2.48. The van der Waals surface area contributed by atoms with Crippen molar-refractivity contribution in [2.75, 3.05) is 62.7 Å². The molecule has 1 saturated heterocycles. The van der Waals surface area contributed by atoms with Crippen molar-refractivity contribution < 1.29 is 28.7 Å². The zero-order valence-electron chi connectivity index (χ0n) is 35.6. The minimum atomic E-state index is -0.916. The number of carbonyl (C=O) groups is 4. The molecular formula is C43H60N12O6. The lowest BCUT2D eigenvalue weighted by atomic mass is 10.1. The minimum absolute atomic E-state index is 0.0266. The molecule has 0 spiro atoms. The summed E-state index contributed by atoms with van der Waals surface area (Å²) in [6.07, 6.45) is 5.54. The Bertz CT molecular complexity index is 2160. The van der Waals surface area contributed by atoms with Gasteiger partial charge < -0.3 is 57.4 Å². The molecule has 1 aliphatic rings. The number of aromatic nitrogens is 3. The van der Waals surface area contributed by atoms with E-state index in [1.54, 1.807) is 50.1 Å². The lowest BCUT2D eigenvalue weighted by Gasteiger charge is -2.34. The average Bonchev–Trinajstić information content (AvgIpc) is 3.65. The molecule has 0 radical (unpaired) electrons. The Balaban J connectivity index is 1.09. The summed E-state index contributed by atoms with van der Waals surface area (Å²) >= 11 is 0. The number of hydrogen-bond acceptors (Lipinski definition) is 12. The predicted octanol–water partition coefficient (Wildman–Crippen LogP) is 4.25. The van der Waals surface area contributed by atoms with Crippen LogP contribution in [0.1, 0.15) is 69.6 Å². The molecule has 0 saturated carbocycles. The highest BCUT2D eigenvalue weighted by atomic mass is 16.6. The number of benzene rings is 2. The summed E-state index contributed by atoms with van der Waals surface area (Å²) in [5.74, 6) is 0.743. The molecule has 3 heterocycles. The van der Waals surface area contributed by atoms with Crippen molar-refractivity contribution >= 4 is 52.4 Å². The fraction of sp³-hybridized carbons (Fsp3) is 0.442. The first kappa shape index (κ1) is 45.5. The number of ether oxygens (including phenoxy) is 2. The number of piperazine rings is 1. The molecule has 1 aliphatic heterocycles. The maximum Gasteiger partial charge on any atom is 0.410 e. The van der Waals surface area contributed by atoms with Crippen LogP contribution in [0.2, 0.25) is 0 Å². The Hall–Kier alpha value is -6.56. The van der Waals surface area contributed by atoms with E-state index in [4.69, 9.17) is 26.7 Å². The number of nitrogens with two attached hydrogens (primary N) is 3. The first-order chi connectivity index (χ1) is 29.3. The minimum Gasteiger partial charge on any atom is -0.496 e. The quantitative estimate of drug-likeness (QED) is 0.0488. The maximum atomic E-state index is 13.2. The topological polar surface area (TPSA) is 250 Å². The molecule has 2 aromatic heterocycles. The summed E-state index contributed by atoms with van der Waals surface area (Å²) in [5.41, 5.74) is 22.7. The number of anilines is 3. The number of nitrogens with one attached hydrogen (secondary N) is 4. The third-order valence-corrected chi connectivity index (χ3v) is 10.4. The third kappa shape index (κ3) is 13.2. The van der Waals surface area contributed by atoms with Crippen LogP contribution < -0.4 is 43.2 Å². The number of methoxy groups -OCH3 is 1. The number of rotatable bonds is 20. The van der Waals surface area contributed by atoms with Crippen molar-refractivity contribution in [2.24, 2.45) is 11.5 Å². The highest BCUT2D eigenvalue weighted by Gasteiger charge is 2.24. The van der Waals surface area contributed by atoms with Crippen molar-refractivity contribution in [2.45, 2.75) is 78.6 Å². The number of unbranched alkanes of at least 4 members (excludes halogenated alkanes) is 2. The van der Waals surface area contributed by atoms with E-state index in [1.807, 2.05) is 12.3 Å². The van der Waals surface area contributed by atoms with Crippen molar-refractivity contribution in [1.82, 2.24) is 35.0 Å². The van der Waals surface area contributed by atoms with Gasteiger partial charge in [0.15, 0.2) is 5.82 Å². The molecular weight excluding hydrogens is 781 g/mol. The highest BCUT2D eigenvalue weighted by molar-refractivity contribution is 6.00. The number of hydrogen-bond donors (Lipinski definition) is 7. The van der Waals surface area contributed by atoms with Crippen LogP contribution in [-0.4, -0.2) is 101 Å². The highest BCUT2D eigenvalue weighted by Crippen LogP contribution is 2.28. The van der Waals surface area contributed by atoms with Gasteiger partial charge in [-0.05, 0) is 74.1 Å². The SMILES string of the molecule is CCCCCNc1nc(N)nc2ccn(Cc3ccc(CN4CCN(C(=O)OCc5ccc(NC(=O)[C@H](CCCNC(N)=O)NC(=O)C(N)=C(C)C)cc5)CC4)cc3OC)c12. The van der Waals surface area contributed by atoms with E-state index in [2.05, 4.69) is 65.8 Å². The Labute approximate surface area is 356 Å². The van der Waals surface area contributed by atoms with Gasteiger partial charge in [0.2, 0.25) is 11.9 Å². The molecule has 5 rings (SSSR count). The van der Waals surface area contributed by atoms with Crippen LogP contribution in [0.15, 0.2) is 66.0 Å². The van der Waals surface area contributed by atoms with Gasteiger partial charge in [-0.15, -0.1) is 0 Å². The predicted molar refractivity (Wildman–Crippen MR) is 235 cm³/mol. The summed E-state index contributed by atoms with van der Waals surface area (Å²) < 4.78 is 13.6. The average molecular weight is 841 g/mol. The Kier molecular flexibility index (Phi) is 16.5. The molecule has 0 aliphatic carbocycles. The molecule has 0 bridgehead atoms. The van der Waals surface area contributed by atoms with Gasteiger partial charge in [0.1, 0.15) is 23.9 Å². The molecule has 18 nitrogen and oxygen atoms in total. The number of fused-ring (bicyclic) bond motifs is 1. The van der Waals surface area contributed by atoms with E-state index >= 15 is 0 Å². The molecule has 1 fully saturated rings. The summed E-state index contributed by atoms with van der Waals surface area (Å²) in [5, 5.41) is 11.4. The molecule has 5 amide bonds. The van der Waals surface area contributed by atoms with E-state index in [-0.39, 0.29) is 31.2 Å². The number of primary amides is 1. The summed E-state index contributed by atoms with van der Waals surface area (Å²) in [7, 11) is 1.68. The lowest BCUT2D eigenvalue weighted by molar-refractivity contribution is -0.124. The van der Waals surface area contributed by atoms with Crippen LogP contribution in [0.25, 0.3) is 11.0 Å². The normalized spacial score (nSPS) is 13.3. The van der Waals surface area contributed by atoms with Crippen LogP contribution in [-0.2, 0) is 34.0 Å². The number of nitrogens with zero attached hydrogens (tertiary/aromatic N) is 5. The Morgan fingerprint density at radius 1 is 0.885 bits per heavy atom. The molecule has 328 valence electrons. The number of urea groups is 1. The zero-order valence-corrected chi connectivity index (χ0v) is 35.6. The number of amides is 5. The molecule has 10 N–H and O–H groups in total. The largest absolute Gasteiger partial charge is 0.496 e. The Morgan fingerprint density at radius 2 is 1.62 bits per heavy atom. The van der Waals surface area contributed by atoms with Crippen molar-refractivity contribution in [3.8, 4) is 5.75 Å². The van der Waals surface area contributed by atoms with Crippen molar-refractivity contribution in [1.29, 1.82) is 0 Å². The molecule has 18 heteroatoms. The van der Waals surface area contributed by atoms with Crippen LogP contribution in [0, 0.1) is 0 Å². The van der Waals surface area contributed by atoms with Gasteiger partial charge in [-0.3, -0.25) is 14.5 Å². The van der Waals surface area contributed by atoms with Gasteiger partial charge in [0.05, 0.1) is 24.9 Å². The first-order valence-electron chi connectivity index (χ1n) is 20.7. The van der Waals surface area contributed by atoms with Crippen molar-refractivity contribution in [3.63, 3.8) is 0 Å². The van der Waals surface area contributed by atoms with Crippen LogP contribution in [0.4, 0.5) is 27.0 Å². The second-order valence-electron chi connectivity index (χ2n) is 15.3. The van der Waals surface area contributed by atoms with E-state index < -0.39 is 30.0 Å². The number of carbonyl (C=O) groups excluding carboxylic acids is 4. The summed E-state index contributed by atoms with van der Waals surface area (Å²) in [4.78, 5) is 62.8. The van der Waals surface area contributed by atoms with Gasteiger partial charge in [-0.1, -0.05) is 44.0 Å². The van der Waals surface area contributed by atoms with Gasteiger partial charge in [0.25, 0.3) is 5.91 Å². The standard InChI is InChI=1S/C43H60N12O6/c1-5-6-7-17-47-38-37-33(51-41(45)52-38)16-19-55(37)26-31-13-10-30(24-35(31)60-4)25-53-20-22-54(23-21-53)43(59)61-27-29-11-14-32(15-12-29)49-39(56)34(9-8-18-48-42(46)58)50-40(57)36(44)28(2)3/h10-16,19,24,34H,5-9,17-18,20-23,25-27,44H2,1-4H3,(H,49,56)(H,50,57)(H3,46,48,58)(H3,45,47,51,52)/t34-/m0/s1. The molecule has 4 aromatic rings. The van der Waals surface area contributed by atoms with Crippen molar-refractivity contribution in [3.05, 3.63) is 82.7 Å². The van der Waals surface area contributed by atoms with E-state index in [1.165, 1.54) is 0 Å². The van der Waals surface area contributed by atoms with E-state index in [0.29, 0.717) is 56.9 Å². The number of allylic oxidation sites excluding steroid dienone is 1. The van der Waals surface area contributed by atoms with Gasteiger partial charge >= 0.3 is 12.1 Å². The van der Waals surface area contributed by atoms with Crippen LogP contribution in [0.3, 0.4) is 0 Å². The van der Waals surface area contributed by atoms with E-state index in [9.17, 15) is 19.2 Å². The summed E-state index contributed by atoms with van der Waals surface area (Å²) in [6, 6.07) is 13.5. The van der Waals surface area contributed by atoms with Crippen LogP contribution in [0.5, 0.6) is 5.75 Å². The van der Waals surface area contributed by atoms with Gasteiger partial charge in [-0.2, -0.15) is 4.98 Å². The third-order valence-electron chi connectivity index (χ3n) is 10.4. The van der Waals surface area contributed by atoms with Crippen LogP contribution >= 0.6 is 0 Å². The second kappa shape index (κ2) is 22.2. The van der Waals surface area contributed by atoms with Gasteiger partial charge in [0, 0.05) is 63.3 Å².